The van der Waals surface area contributed by atoms with Gasteiger partial charge in [0.25, 0.3) is 0 Å². The van der Waals surface area contributed by atoms with Gasteiger partial charge in [0.05, 0.1) is 5.69 Å². The fraction of sp³-hybridized carbons (Fsp3) is 0.562. The molecule has 0 saturated heterocycles. The normalized spacial score (nSPS) is 13.1. The lowest BCUT2D eigenvalue weighted by Gasteiger charge is -2.26. The quantitative estimate of drug-likeness (QED) is 0.881. The van der Waals surface area contributed by atoms with Gasteiger partial charge in [-0.2, -0.15) is 0 Å². The van der Waals surface area contributed by atoms with Crippen LogP contribution in [0.5, 0.6) is 0 Å². The van der Waals surface area contributed by atoms with Gasteiger partial charge in [-0.1, -0.05) is 13.0 Å². The summed E-state index contributed by atoms with van der Waals surface area (Å²) in [6.07, 6.45) is 3.92. The van der Waals surface area contributed by atoms with Crippen LogP contribution in [-0.4, -0.2) is 28.0 Å². The first kappa shape index (κ1) is 14.9. The fourth-order valence-corrected chi connectivity index (χ4v) is 2.61. The zero-order chi connectivity index (χ0) is 14.7. The summed E-state index contributed by atoms with van der Waals surface area (Å²) in [6.45, 7) is 9.67. The van der Waals surface area contributed by atoms with Crippen LogP contribution in [0.4, 0.5) is 5.82 Å². The highest BCUT2D eigenvalue weighted by molar-refractivity contribution is 5.56. The van der Waals surface area contributed by atoms with Crippen molar-refractivity contribution in [3.05, 3.63) is 30.1 Å². The van der Waals surface area contributed by atoms with Gasteiger partial charge < -0.3 is 15.0 Å². The van der Waals surface area contributed by atoms with Gasteiger partial charge in [-0.15, -0.1) is 0 Å². The summed E-state index contributed by atoms with van der Waals surface area (Å²) in [4.78, 5) is 7.16. The van der Waals surface area contributed by atoms with Crippen molar-refractivity contribution in [2.24, 2.45) is 5.73 Å². The minimum absolute atomic E-state index is 0.180. The van der Waals surface area contributed by atoms with Crippen molar-refractivity contribution in [1.29, 1.82) is 0 Å². The molecule has 0 aliphatic carbocycles. The number of hydrogen-bond donors (Lipinski definition) is 1. The number of imidazole rings is 1. The van der Waals surface area contributed by atoms with Crippen molar-refractivity contribution in [1.82, 2.24) is 9.38 Å². The van der Waals surface area contributed by atoms with E-state index < -0.39 is 0 Å². The van der Waals surface area contributed by atoms with Crippen LogP contribution in [0, 0.1) is 0 Å². The van der Waals surface area contributed by atoms with Crippen LogP contribution in [0.3, 0.4) is 0 Å². The van der Waals surface area contributed by atoms with E-state index in [1.807, 2.05) is 12.1 Å². The van der Waals surface area contributed by atoms with Gasteiger partial charge in [-0.05, 0) is 39.3 Å². The molecule has 0 aromatic carbocycles. The Labute approximate surface area is 121 Å². The summed E-state index contributed by atoms with van der Waals surface area (Å²) in [6, 6.07) is 6.74. The number of rotatable bonds is 6. The highest BCUT2D eigenvalue weighted by Gasteiger charge is 2.20. The van der Waals surface area contributed by atoms with Crippen molar-refractivity contribution in [2.75, 3.05) is 11.4 Å². The van der Waals surface area contributed by atoms with Crippen molar-refractivity contribution < 1.29 is 0 Å². The molecule has 0 spiro atoms. The van der Waals surface area contributed by atoms with E-state index in [9.17, 15) is 0 Å². The summed E-state index contributed by atoms with van der Waals surface area (Å²) in [7, 11) is 0. The Hall–Kier alpha value is -1.55. The molecule has 4 nitrogen and oxygen atoms in total. The average molecular weight is 274 g/mol. The van der Waals surface area contributed by atoms with Crippen molar-refractivity contribution in [3.8, 4) is 0 Å². The van der Waals surface area contributed by atoms with Crippen LogP contribution < -0.4 is 10.6 Å². The highest BCUT2D eigenvalue weighted by Crippen LogP contribution is 2.24. The third kappa shape index (κ3) is 2.80. The lowest BCUT2D eigenvalue weighted by atomic mass is 10.1. The van der Waals surface area contributed by atoms with Crippen molar-refractivity contribution in [2.45, 2.75) is 52.6 Å². The largest absolute Gasteiger partial charge is 0.353 e. The molecule has 2 N–H and O–H groups in total. The molecule has 1 unspecified atom stereocenters. The van der Waals surface area contributed by atoms with Crippen LogP contribution in [0.25, 0.3) is 5.65 Å². The second-order valence-electron chi connectivity index (χ2n) is 5.56. The SMILES string of the molecule is CCC(N)Cc1c(N(CC)C(C)C)nc2ccccn12. The van der Waals surface area contributed by atoms with E-state index in [4.69, 9.17) is 10.7 Å². The lowest BCUT2D eigenvalue weighted by Crippen LogP contribution is -2.32. The average Bonchev–Trinajstić information content (AvgIpc) is 2.78. The summed E-state index contributed by atoms with van der Waals surface area (Å²) < 4.78 is 2.18. The van der Waals surface area contributed by atoms with Gasteiger partial charge in [0, 0.05) is 31.2 Å². The molecule has 2 heterocycles. The Morgan fingerprint density at radius 1 is 1.30 bits per heavy atom. The number of aromatic nitrogens is 2. The zero-order valence-electron chi connectivity index (χ0n) is 13.0. The minimum atomic E-state index is 0.180. The Morgan fingerprint density at radius 3 is 2.65 bits per heavy atom. The molecule has 4 heteroatoms. The number of nitrogens with two attached hydrogens (primary N) is 1. The summed E-state index contributed by atoms with van der Waals surface area (Å²) in [5.74, 6) is 1.08. The number of anilines is 1. The molecule has 2 aromatic rings. The first-order valence-corrected chi connectivity index (χ1v) is 7.56. The first-order valence-electron chi connectivity index (χ1n) is 7.56. The second kappa shape index (κ2) is 6.27. The predicted octanol–water partition coefficient (Wildman–Crippen LogP) is 2.85. The predicted molar refractivity (Wildman–Crippen MR) is 85.3 cm³/mol. The molecular formula is C16H26N4. The summed E-state index contributed by atoms with van der Waals surface area (Å²) in [5.41, 5.74) is 8.41. The maximum absolute atomic E-state index is 6.18. The molecule has 0 amide bonds. The second-order valence-corrected chi connectivity index (χ2v) is 5.56. The molecule has 2 aromatic heterocycles. The zero-order valence-corrected chi connectivity index (χ0v) is 13.0. The van der Waals surface area contributed by atoms with Gasteiger partial charge in [-0.25, -0.2) is 4.98 Å². The lowest BCUT2D eigenvalue weighted by molar-refractivity contribution is 0.625. The molecule has 110 valence electrons. The van der Waals surface area contributed by atoms with Crippen LogP contribution in [0.2, 0.25) is 0 Å². The molecule has 0 bridgehead atoms. The molecule has 1 atom stereocenters. The topological polar surface area (TPSA) is 46.6 Å². The maximum Gasteiger partial charge on any atom is 0.151 e. The van der Waals surface area contributed by atoms with E-state index in [-0.39, 0.29) is 6.04 Å². The minimum Gasteiger partial charge on any atom is -0.353 e. The van der Waals surface area contributed by atoms with Gasteiger partial charge in [0.1, 0.15) is 5.65 Å². The Balaban J connectivity index is 2.54. The van der Waals surface area contributed by atoms with Gasteiger partial charge in [-0.3, -0.25) is 0 Å². The fourth-order valence-electron chi connectivity index (χ4n) is 2.61. The van der Waals surface area contributed by atoms with E-state index in [1.165, 1.54) is 5.69 Å². The first-order chi connectivity index (χ1) is 9.58. The van der Waals surface area contributed by atoms with Crippen molar-refractivity contribution in [3.63, 3.8) is 0 Å². The van der Waals surface area contributed by atoms with Gasteiger partial charge in [0.15, 0.2) is 5.82 Å². The summed E-state index contributed by atoms with van der Waals surface area (Å²) >= 11 is 0. The third-order valence-electron chi connectivity index (χ3n) is 3.82. The highest BCUT2D eigenvalue weighted by atomic mass is 15.2. The Morgan fingerprint density at radius 2 is 2.05 bits per heavy atom. The number of hydrogen-bond acceptors (Lipinski definition) is 3. The van der Waals surface area contributed by atoms with Crippen LogP contribution >= 0.6 is 0 Å². The Kier molecular flexibility index (Phi) is 4.65. The molecule has 20 heavy (non-hydrogen) atoms. The van der Waals surface area contributed by atoms with E-state index >= 15 is 0 Å². The number of fused-ring (bicyclic) bond motifs is 1. The smallest absolute Gasteiger partial charge is 0.151 e. The van der Waals surface area contributed by atoms with E-state index in [2.05, 4.69) is 49.3 Å². The molecule has 2 rings (SSSR count). The van der Waals surface area contributed by atoms with Crippen LogP contribution in [-0.2, 0) is 6.42 Å². The molecular weight excluding hydrogens is 248 g/mol. The summed E-state index contributed by atoms with van der Waals surface area (Å²) in [5, 5.41) is 0. The van der Waals surface area contributed by atoms with Crippen LogP contribution in [0.1, 0.15) is 39.8 Å². The Bertz CT molecular complexity index is 559. The van der Waals surface area contributed by atoms with Crippen molar-refractivity contribution >= 4 is 11.5 Å². The number of nitrogens with zero attached hydrogens (tertiary/aromatic N) is 3. The molecule has 0 fully saturated rings. The molecule has 0 aliphatic rings. The van der Waals surface area contributed by atoms with E-state index in [1.54, 1.807) is 0 Å². The monoisotopic (exact) mass is 274 g/mol. The van der Waals surface area contributed by atoms with Gasteiger partial charge in [0.2, 0.25) is 0 Å². The van der Waals surface area contributed by atoms with Crippen LogP contribution in [0.15, 0.2) is 24.4 Å². The molecule has 0 aliphatic heterocycles. The van der Waals surface area contributed by atoms with E-state index in [0.29, 0.717) is 6.04 Å². The number of pyridine rings is 1. The molecule has 0 saturated carbocycles. The van der Waals surface area contributed by atoms with Gasteiger partial charge >= 0.3 is 0 Å². The standard InChI is InChI=1S/C16H26N4/c1-5-13(17)11-14-16(19(6-2)12(3)4)18-15-9-7-8-10-20(14)15/h7-10,12-13H,5-6,11,17H2,1-4H3. The molecule has 0 radical (unpaired) electrons. The van der Waals surface area contributed by atoms with E-state index in [0.717, 1.165) is 30.9 Å². The third-order valence-corrected chi connectivity index (χ3v) is 3.82. The maximum atomic E-state index is 6.18.